The Balaban J connectivity index is 1.73. The molecule has 0 spiro atoms. The lowest BCUT2D eigenvalue weighted by atomic mass is 9.98. The van der Waals surface area contributed by atoms with Gasteiger partial charge in [0.05, 0.1) is 12.2 Å². The molecule has 0 aromatic carbocycles. The Hall–Kier alpha value is -1.41. The number of rotatable bonds is 4. The number of sulfonamides is 1. The molecule has 0 N–H and O–H groups in total. The molecule has 1 amide bonds. The fraction of sp³-hybridized carbons (Fsp3) is 0.733. The van der Waals surface area contributed by atoms with Crippen LogP contribution in [-0.2, 0) is 21.4 Å². The maximum absolute atomic E-state index is 12.7. The highest BCUT2D eigenvalue weighted by atomic mass is 32.2. The maximum Gasteiger partial charge on any atom is 0.262 e. The molecule has 2 aliphatic rings. The van der Waals surface area contributed by atoms with E-state index < -0.39 is 10.0 Å². The molecule has 0 saturated carbocycles. The standard InChI is InChI=1S/C15H24N4O3S/c1-2-17-11-14(16-12-17)23(21,22)19-9-5-6-13(10-19)15(20)18-7-3-4-8-18/h11-13H,2-10H2,1H3. The van der Waals surface area contributed by atoms with Gasteiger partial charge in [0.15, 0.2) is 5.03 Å². The zero-order valence-electron chi connectivity index (χ0n) is 13.5. The van der Waals surface area contributed by atoms with Crippen LogP contribution in [0.1, 0.15) is 32.6 Å². The molecule has 8 heteroatoms. The molecule has 1 aromatic rings. The summed E-state index contributed by atoms with van der Waals surface area (Å²) in [6, 6.07) is 0. The summed E-state index contributed by atoms with van der Waals surface area (Å²) in [4.78, 5) is 18.4. The molecule has 2 saturated heterocycles. The highest BCUT2D eigenvalue weighted by Crippen LogP contribution is 2.25. The number of amides is 1. The van der Waals surface area contributed by atoms with Crippen molar-refractivity contribution in [2.24, 2.45) is 5.92 Å². The molecular formula is C15H24N4O3S. The van der Waals surface area contributed by atoms with Crippen molar-refractivity contribution in [3.63, 3.8) is 0 Å². The lowest BCUT2D eigenvalue weighted by molar-refractivity contribution is -0.135. The minimum absolute atomic E-state index is 0.0774. The van der Waals surface area contributed by atoms with Gasteiger partial charge in [-0.05, 0) is 32.6 Å². The minimum atomic E-state index is -3.61. The van der Waals surface area contributed by atoms with Crippen molar-refractivity contribution in [1.82, 2.24) is 18.8 Å². The fourth-order valence-corrected chi connectivity index (χ4v) is 4.80. The van der Waals surface area contributed by atoms with Crippen molar-refractivity contribution in [1.29, 1.82) is 0 Å². The second-order valence-electron chi connectivity index (χ2n) is 6.28. The van der Waals surface area contributed by atoms with E-state index in [2.05, 4.69) is 4.98 Å². The molecule has 2 aliphatic heterocycles. The summed E-state index contributed by atoms with van der Waals surface area (Å²) in [5.41, 5.74) is 0. The molecule has 0 bridgehead atoms. The third-order valence-corrected chi connectivity index (χ3v) is 6.48. The Morgan fingerprint density at radius 3 is 2.65 bits per heavy atom. The molecule has 0 aliphatic carbocycles. The van der Waals surface area contributed by atoms with Crippen molar-refractivity contribution < 1.29 is 13.2 Å². The number of piperidine rings is 1. The van der Waals surface area contributed by atoms with E-state index in [4.69, 9.17) is 0 Å². The molecule has 1 atom stereocenters. The zero-order valence-corrected chi connectivity index (χ0v) is 14.3. The summed E-state index contributed by atoms with van der Waals surface area (Å²) in [6.07, 6.45) is 6.68. The second-order valence-corrected chi connectivity index (χ2v) is 8.16. The lowest BCUT2D eigenvalue weighted by Gasteiger charge is -2.32. The first-order valence-corrected chi connectivity index (χ1v) is 9.77. The molecule has 1 unspecified atom stereocenters. The summed E-state index contributed by atoms with van der Waals surface area (Å²) in [6.45, 7) is 4.97. The minimum Gasteiger partial charge on any atom is -0.342 e. The van der Waals surface area contributed by atoms with Gasteiger partial charge in [-0.1, -0.05) is 0 Å². The van der Waals surface area contributed by atoms with E-state index >= 15 is 0 Å². The summed E-state index contributed by atoms with van der Waals surface area (Å²) in [7, 11) is -3.61. The van der Waals surface area contributed by atoms with Gasteiger partial charge < -0.3 is 9.47 Å². The first-order chi connectivity index (χ1) is 11.0. The lowest BCUT2D eigenvalue weighted by Crippen LogP contribution is -2.46. The largest absolute Gasteiger partial charge is 0.342 e. The molecule has 3 rings (SSSR count). The van der Waals surface area contributed by atoms with Gasteiger partial charge in [0.2, 0.25) is 5.91 Å². The van der Waals surface area contributed by atoms with Crippen LogP contribution in [0.25, 0.3) is 0 Å². The summed E-state index contributed by atoms with van der Waals surface area (Å²) < 4.78 is 28.6. The van der Waals surface area contributed by atoms with E-state index in [1.54, 1.807) is 10.8 Å². The molecule has 23 heavy (non-hydrogen) atoms. The Kier molecular flexibility index (Phi) is 4.72. The molecular weight excluding hydrogens is 316 g/mol. The number of hydrogen-bond acceptors (Lipinski definition) is 4. The van der Waals surface area contributed by atoms with Gasteiger partial charge in [0.25, 0.3) is 10.0 Å². The molecule has 128 valence electrons. The van der Waals surface area contributed by atoms with Crippen molar-refractivity contribution in [3.8, 4) is 0 Å². The number of aromatic nitrogens is 2. The van der Waals surface area contributed by atoms with Crippen molar-refractivity contribution >= 4 is 15.9 Å². The second kappa shape index (κ2) is 6.60. The average molecular weight is 340 g/mol. The van der Waals surface area contributed by atoms with E-state index in [1.165, 1.54) is 10.6 Å². The van der Waals surface area contributed by atoms with Gasteiger partial charge in [-0.25, -0.2) is 13.4 Å². The third-order valence-electron chi connectivity index (χ3n) is 4.73. The molecule has 2 fully saturated rings. The van der Waals surface area contributed by atoms with Crippen LogP contribution in [0.4, 0.5) is 0 Å². The Morgan fingerprint density at radius 1 is 1.26 bits per heavy atom. The van der Waals surface area contributed by atoms with Gasteiger partial charge in [0.1, 0.15) is 0 Å². The Labute approximate surface area is 137 Å². The summed E-state index contributed by atoms with van der Waals surface area (Å²) >= 11 is 0. The highest BCUT2D eigenvalue weighted by Gasteiger charge is 2.36. The van der Waals surface area contributed by atoms with Crippen LogP contribution in [0.3, 0.4) is 0 Å². The Morgan fingerprint density at radius 2 is 2.00 bits per heavy atom. The van der Waals surface area contributed by atoms with Crippen LogP contribution in [0.5, 0.6) is 0 Å². The molecule has 7 nitrogen and oxygen atoms in total. The van der Waals surface area contributed by atoms with Crippen LogP contribution < -0.4 is 0 Å². The van der Waals surface area contributed by atoms with Gasteiger partial charge in [0, 0.05) is 38.9 Å². The third kappa shape index (κ3) is 3.28. The fourth-order valence-electron chi connectivity index (χ4n) is 3.34. The molecule has 1 aromatic heterocycles. The number of carbonyl (C=O) groups excluding carboxylic acids is 1. The summed E-state index contributed by atoms with van der Waals surface area (Å²) in [5.74, 6) is -0.105. The van der Waals surface area contributed by atoms with Crippen molar-refractivity contribution in [2.75, 3.05) is 26.2 Å². The number of imidazole rings is 1. The monoisotopic (exact) mass is 340 g/mol. The number of carbonyl (C=O) groups is 1. The summed E-state index contributed by atoms with van der Waals surface area (Å²) in [5, 5.41) is 0.0774. The van der Waals surface area contributed by atoms with E-state index in [-0.39, 0.29) is 23.4 Å². The number of likely N-dealkylation sites (tertiary alicyclic amines) is 1. The van der Waals surface area contributed by atoms with Crippen LogP contribution in [0.15, 0.2) is 17.6 Å². The maximum atomic E-state index is 12.7. The number of nitrogens with zero attached hydrogens (tertiary/aromatic N) is 4. The van der Waals surface area contributed by atoms with Crippen LogP contribution in [0, 0.1) is 5.92 Å². The normalized spacial score (nSPS) is 23.3. The predicted molar refractivity (Wildman–Crippen MR) is 85.2 cm³/mol. The predicted octanol–water partition coefficient (Wildman–Crippen LogP) is 0.926. The van der Waals surface area contributed by atoms with Crippen LogP contribution in [0.2, 0.25) is 0 Å². The first kappa shape index (κ1) is 16.4. The number of hydrogen-bond donors (Lipinski definition) is 0. The van der Waals surface area contributed by atoms with E-state index in [9.17, 15) is 13.2 Å². The van der Waals surface area contributed by atoms with E-state index in [1.807, 2.05) is 11.8 Å². The highest BCUT2D eigenvalue weighted by molar-refractivity contribution is 7.89. The van der Waals surface area contributed by atoms with Crippen LogP contribution in [-0.4, -0.2) is 59.3 Å². The topological polar surface area (TPSA) is 75.5 Å². The quantitative estimate of drug-likeness (QED) is 0.817. The van der Waals surface area contributed by atoms with Crippen LogP contribution >= 0.6 is 0 Å². The zero-order chi connectivity index (χ0) is 16.4. The van der Waals surface area contributed by atoms with Gasteiger partial charge >= 0.3 is 0 Å². The van der Waals surface area contributed by atoms with Gasteiger partial charge in [-0.2, -0.15) is 4.31 Å². The smallest absolute Gasteiger partial charge is 0.262 e. The Bertz CT molecular complexity index is 664. The van der Waals surface area contributed by atoms with Crippen molar-refractivity contribution in [2.45, 2.75) is 44.2 Å². The first-order valence-electron chi connectivity index (χ1n) is 8.33. The van der Waals surface area contributed by atoms with Crippen molar-refractivity contribution in [3.05, 3.63) is 12.5 Å². The van der Waals surface area contributed by atoms with Gasteiger partial charge in [-0.3, -0.25) is 4.79 Å². The molecule has 0 radical (unpaired) electrons. The number of aryl methyl sites for hydroxylation is 1. The average Bonchev–Trinajstić information content (AvgIpc) is 3.25. The van der Waals surface area contributed by atoms with Gasteiger partial charge in [-0.15, -0.1) is 0 Å². The van der Waals surface area contributed by atoms with E-state index in [0.29, 0.717) is 13.1 Å². The van der Waals surface area contributed by atoms with E-state index in [0.717, 1.165) is 38.8 Å². The molecule has 3 heterocycles. The SMILES string of the molecule is CCn1cnc(S(=O)(=O)N2CCCC(C(=O)N3CCCC3)C2)c1.